The second-order valence-electron chi connectivity index (χ2n) is 5.37. The zero-order valence-electron chi connectivity index (χ0n) is 14.2. The first kappa shape index (κ1) is 23.1. The third-order valence-corrected chi connectivity index (χ3v) is 4.85. The van der Waals surface area contributed by atoms with Crippen molar-refractivity contribution in [3.63, 3.8) is 0 Å². The number of methoxy groups -OCH3 is 1. The molecule has 150 valence electrons. The van der Waals surface area contributed by atoms with Gasteiger partial charge in [-0.05, 0) is 42.5 Å². The Morgan fingerprint density at radius 1 is 1.11 bits per heavy atom. The first-order chi connectivity index (χ1) is 13.1. The van der Waals surface area contributed by atoms with Gasteiger partial charge in [-0.3, -0.25) is 4.79 Å². The molecule has 0 aliphatic rings. The van der Waals surface area contributed by atoms with E-state index < -0.39 is 15.9 Å². The Hall–Kier alpha value is -1.15. The number of benzene rings is 2. The highest BCUT2D eigenvalue weighted by molar-refractivity contribution is 7.80. The maximum atomic E-state index is 12.6. The average molecular weight is 502 g/mol. The Morgan fingerprint density at radius 2 is 1.79 bits per heavy atom. The van der Waals surface area contributed by atoms with E-state index in [1.165, 1.54) is 7.11 Å². The molecule has 0 saturated carbocycles. The van der Waals surface area contributed by atoms with E-state index in [0.717, 1.165) is 0 Å². The Balaban J connectivity index is 2.14. The quantitative estimate of drug-likeness (QED) is 0.290. The number of carbonyl (C=O) groups is 1. The lowest BCUT2D eigenvalue weighted by molar-refractivity contribution is 0.0931. The first-order valence-corrected chi connectivity index (χ1v) is 9.95. The summed E-state index contributed by atoms with van der Waals surface area (Å²) in [6.07, 6.45) is -1.16. The van der Waals surface area contributed by atoms with Crippen molar-refractivity contribution < 1.29 is 9.53 Å². The van der Waals surface area contributed by atoms with Crippen LogP contribution in [0.3, 0.4) is 0 Å². The minimum absolute atomic E-state index is 0.0563. The second kappa shape index (κ2) is 10.1. The Bertz CT molecular complexity index is 876. The maximum Gasteiger partial charge on any atom is 0.256 e. The molecule has 2 aromatic rings. The van der Waals surface area contributed by atoms with Crippen LogP contribution in [0.25, 0.3) is 0 Å². The van der Waals surface area contributed by atoms with Crippen molar-refractivity contribution in [3.05, 3.63) is 58.1 Å². The largest absolute Gasteiger partial charge is 0.496 e. The molecule has 0 radical (unpaired) electrons. The number of alkyl halides is 3. The minimum atomic E-state index is -1.92. The first-order valence-electron chi connectivity index (χ1n) is 7.65. The normalized spacial score (nSPS) is 12.1. The number of halogens is 5. The van der Waals surface area contributed by atoms with Crippen molar-refractivity contribution >= 4 is 86.9 Å². The lowest BCUT2D eigenvalue weighted by Gasteiger charge is -2.28. The van der Waals surface area contributed by atoms with Crippen molar-refractivity contribution in [1.29, 1.82) is 0 Å². The summed E-state index contributed by atoms with van der Waals surface area (Å²) in [6, 6.07) is 11.4. The van der Waals surface area contributed by atoms with E-state index in [2.05, 4.69) is 16.0 Å². The van der Waals surface area contributed by atoms with Crippen molar-refractivity contribution in [2.24, 2.45) is 0 Å². The molecule has 1 atom stereocenters. The molecule has 2 aromatic carbocycles. The predicted molar refractivity (Wildman–Crippen MR) is 120 cm³/mol. The van der Waals surface area contributed by atoms with Crippen LogP contribution in [-0.4, -0.2) is 28.1 Å². The highest BCUT2D eigenvalue weighted by Gasteiger charge is 2.35. The van der Waals surface area contributed by atoms with Gasteiger partial charge in [0.05, 0.1) is 23.4 Å². The van der Waals surface area contributed by atoms with E-state index in [9.17, 15) is 4.79 Å². The van der Waals surface area contributed by atoms with E-state index in [4.69, 9.17) is 75.0 Å². The van der Waals surface area contributed by atoms with Gasteiger partial charge in [0, 0.05) is 5.02 Å². The van der Waals surface area contributed by atoms with Crippen molar-refractivity contribution in [3.8, 4) is 5.75 Å². The van der Waals surface area contributed by atoms with Crippen LogP contribution in [-0.2, 0) is 0 Å². The molecule has 3 N–H and O–H groups in total. The van der Waals surface area contributed by atoms with E-state index in [1.807, 2.05) is 0 Å². The van der Waals surface area contributed by atoms with Gasteiger partial charge in [-0.2, -0.15) is 0 Å². The highest BCUT2D eigenvalue weighted by Crippen LogP contribution is 2.30. The molecule has 0 bridgehead atoms. The van der Waals surface area contributed by atoms with Crippen LogP contribution in [0.4, 0.5) is 5.69 Å². The fourth-order valence-electron chi connectivity index (χ4n) is 2.12. The monoisotopic (exact) mass is 499 g/mol. The summed E-state index contributed by atoms with van der Waals surface area (Å²) < 4.78 is 3.26. The molecule has 1 amide bonds. The van der Waals surface area contributed by atoms with Gasteiger partial charge in [-0.25, -0.2) is 0 Å². The highest BCUT2D eigenvalue weighted by atomic mass is 35.6. The van der Waals surface area contributed by atoms with Crippen LogP contribution in [0.2, 0.25) is 10.0 Å². The lowest BCUT2D eigenvalue weighted by atomic mass is 10.2. The summed E-state index contributed by atoms with van der Waals surface area (Å²) in [7, 11) is 1.45. The van der Waals surface area contributed by atoms with Gasteiger partial charge in [0.2, 0.25) is 3.79 Å². The number of hydrogen-bond donors (Lipinski definition) is 3. The summed E-state index contributed by atoms with van der Waals surface area (Å²) >= 11 is 35.3. The summed E-state index contributed by atoms with van der Waals surface area (Å²) in [5, 5.41) is 9.06. The standard InChI is InChI=1S/C17H14Cl5N3O2S/c1-27-13-5-3-2-4-10(13)14(26)24-15(17(20,21)22)25-16(28)23-12-8-9(18)6-7-11(12)19/h2-8,15H,1H3,(H,24,26)(H2,23,25,28). The third-order valence-electron chi connectivity index (χ3n) is 3.41. The van der Waals surface area contributed by atoms with Gasteiger partial charge in [-0.15, -0.1) is 0 Å². The molecule has 0 saturated heterocycles. The molecule has 28 heavy (non-hydrogen) atoms. The van der Waals surface area contributed by atoms with Crippen LogP contribution in [0.5, 0.6) is 5.75 Å². The zero-order chi connectivity index (χ0) is 20.9. The van der Waals surface area contributed by atoms with Crippen molar-refractivity contribution in [2.45, 2.75) is 9.96 Å². The third kappa shape index (κ3) is 6.44. The average Bonchev–Trinajstić information content (AvgIpc) is 2.63. The SMILES string of the molecule is COc1ccccc1C(=O)NC(NC(=S)Nc1cc(Cl)ccc1Cl)C(Cl)(Cl)Cl. The Morgan fingerprint density at radius 3 is 2.43 bits per heavy atom. The number of ether oxygens (including phenoxy) is 1. The molecule has 0 spiro atoms. The number of thiocarbonyl (C=S) groups is 1. The number of carbonyl (C=O) groups excluding carboxylic acids is 1. The van der Waals surface area contributed by atoms with Gasteiger partial charge in [0.25, 0.3) is 5.91 Å². The lowest BCUT2D eigenvalue weighted by Crippen LogP contribution is -2.56. The smallest absolute Gasteiger partial charge is 0.256 e. The number of amides is 1. The predicted octanol–water partition coefficient (Wildman–Crippen LogP) is 5.41. The fourth-order valence-corrected chi connectivity index (χ4v) is 3.02. The van der Waals surface area contributed by atoms with Crippen LogP contribution in [0.15, 0.2) is 42.5 Å². The molecule has 0 heterocycles. The molecule has 5 nitrogen and oxygen atoms in total. The van der Waals surface area contributed by atoms with Crippen LogP contribution in [0, 0.1) is 0 Å². The van der Waals surface area contributed by atoms with E-state index in [1.54, 1.807) is 42.5 Å². The summed E-state index contributed by atoms with van der Waals surface area (Å²) in [4.78, 5) is 12.6. The molecule has 1 unspecified atom stereocenters. The summed E-state index contributed by atoms with van der Waals surface area (Å²) in [6.45, 7) is 0. The molecular formula is C17H14Cl5N3O2S. The number of nitrogens with one attached hydrogen (secondary N) is 3. The molecule has 11 heteroatoms. The van der Waals surface area contributed by atoms with Gasteiger partial charge >= 0.3 is 0 Å². The topological polar surface area (TPSA) is 62.4 Å². The fraction of sp³-hybridized carbons (Fsp3) is 0.176. The number of anilines is 1. The molecule has 2 rings (SSSR count). The van der Waals surface area contributed by atoms with Gasteiger partial charge in [0.15, 0.2) is 5.11 Å². The van der Waals surface area contributed by atoms with Crippen LogP contribution >= 0.6 is 70.2 Å². The van der Waals surface area contributed by atoms with E-state index >= 15 is 0 Å². The van der Waals surface area contributed by atoms with E-state index in [-0.39, 0.29) is 10.7 Å². The molecule has 0 aliphatic carbocycles. The molecular weight excluding hydrogens is 488 g/mol. The minimum Gasteiger partial charge on any atom is -0.496 e. The Labute approximate surface area is 192 Å². The second-order valence-corrected chi connectivity index (χ2v) is 8.99. The summed E-state index contributed by atoms with van der Waals surface area (Å²) in [5.74, 6) is -0.153. The molecule has 0 fully saturated rings. The zero-order valence-corrected chi connectivity index (χ0v) is 18.8. The Kier molecular flexibility index (Phi) is 8.30. The van der Waals surface area contributed by atoms with Crippen molar-refractivity contribution in [1.82, 2.24) is 10.6 Å². The van der Waals surface area contributed by atoms with Crippen LogP contribution < -0.4 is 20.7 Å². The van der Waals surface area contributed by atoms with Gasteiger partial charge in [-0.1, -0.05) is 70.1 Å². The maximum absolute atomic E-state index is 12.6. The van der Waals surface area contributed by atoms with E-state index in [0.29, 0.717) is 21.5 Å². The molecule has 0 aromatic heterocycles. The summed E-state index contributed by atoms with van der Waals surface area (Å²) in [5.41, 5.74) is 0.716. The van der Waals surface area contributed by atoms with Crippen molar-refractivity contribution in [2.75, 3.05) is 12.4 Å². The van der Waals surface area contributed by atoms with Crippen LogP contribution in [0.1, 0.15) is 10.4 Å². The number of hydrogen-bond acceptors (Lipinski definition) is 3. The van der Waals surface area contributed by atoms with Gasteiger partial charge in [0.1, 0.15) is 11.9 Å². The molecule has 0 aliphatic heterocycles. The number of rotatable bonds is 5. The van der Waals surface area contributed by atoms with Gasteiger partial charge < -0.3 is 20.7 Å². The number of para-hydroxylation sites is 1.